The number of nitrogens with one attached hydrogen (secondary N) is 1. The minimum atomic E-state index is -0.613. The zero-order valence-corrected chi connectivity index (χ0v) is 13.0. The van der Waals surface area contributed by atoms with Crippen molar-refractivity contribution in [3.05, 3.63) is 58.1 Å². The van der Waals surface area contributed by atoms with Crippen molar-refractivity contribution in [3.8, 4) is 5.75 Å². The number of halogens is 3. The summed E-state index contributed by atoms with van der Waals surface area (Å²) in [4.78, 5) is 0. The van der Waals surface area contributed by atoms with Gasteiger partial charge in [-0.3, -0.25) is 0 Å². The predicted molar refractivity (Wildman–Crippen MR) is 81.5 cm³/mol. The maximum atomic E-state index is 14.0. The molecule has 0 radical (unpaired) electrons. The number of fused-ring (bicyclic) bond motifs is 1. The third-order valence-electron chi connectivity index (χ3n) is 3.63. The lowest BCUT2D eigenvalue weighted by Gasteiger charge is -2.33. The van der Waals surface area contributed by atoms with Gasteiger partial charge in [-0.25, -0.2) is 8.78 Å². The number of hydrogen-bond donors (Lipinski definition) is 1. The van der Waals surface area contributed by atoms with E-state index < -0.39 is 11.6 Å². The lowest BCUT2D eigenvalue weighted by Crippen LogP contribution is -2.29. The van der Waals surface area contributed by atoms with Crippen molar-refractivity contribution in [1.82, 2.24) is 0 Å². The van der Waals surface area contributed by atoms with E-state index in [0.29, 0.717) is 11.1 Å². The standard InChI is InChI=1S/C16H14BrF2NO/c1-9-8-21-14-5-3-2-4-11(14)15(9)20-16-12(17)6-10(18)7-13(16)19/h2-7,9,15,20H,8H2,1H3. The van der Waals surface area contributed by atoms with Crippen LogP contribution in [0.4, 0.5) is 14.5 Å². The minimum absolute atomic E-state index is 0.0915. The van der Waals surface area contributed by atoms with E-state index in [9.17, 15) is 8.78 Å². The minimum Gasteiger partial charge on any atom is -0.493 e. The molecule has 110 valence electrons. The molecule has 0 bridgehead atoms. The number of ether oxygens (including phenoxy) is 1. The Hall–Kier alpha value is -1.62. The van der Waals surface area contributed by atoms with Crippen molar-refractivity contribution in [2.45, 2.75) is 13.0 Å². The zero-order valence-electron chi connectivity index (χ0n) is 11.4. The van der Waals surface area contributed by atoms with E-state index >= 15 is 0 Å². The van der Waals surface area contributed by atoms with E-state index in [0.717, 1.165) is 17.4 Å². The van der Waals surface area contributed by atoms with Crippen LogP contribution in [0.25, 0.3) is 0 Å². The van der Waals surface area contributed by atoms with Crippen molar-refractivity contribution >= 4 is 21.6 Å². The average Bonchev–Trinajstić information content (AvgIpc) is 2.44. The molecule has 1 heterocycles. The first kappa shape index (κ1) is 14.3. The first-order valence-corrected chi connectivity index (χ1v) is 7.48. The molecule has 2 aromatic carbocycles. The van der Waals surface area contributed by atoms with E-state index in [1.807, 2.05) is 31.2 Å². The molecule has 0 fully saturated rings. The van der Waals surface area contributed by atoms with Gasteiger partial charge in [0.15, 0.2) is 0 Å². The fourth-order valence-electron chi connectivity index (χ4n) is 2.55. The highest BCUT2D eigenvalue weighted by Gasteiger charge is 2.28. The molecule has 0 spiro atoms. The average molecular weight is 354 g/mol. The van der Waals surface area contributed by atoms with Crippen molar-refractivity contribution in [3.63, 3.8) is 0 Å². The summed E-state index contributed by atoms with van der Waals surface area (Å²) < 4.78 is 33.2. The van der Waals surface area contributed by atoms with Crippen molar-refractivity contribution in [2.24, 2.45) is 5.92 Å². The molecule has 2 atom stereocenters. The molecule has 1 aliphatic heterocycles. The molecule has 0 aliphatic carbocycles. The van der Waals surface area contributed by atoms with Gasteiger partial charge in [0, 0.05) is 22.0 Å². The lowest BCUT2D eigenvalue weighted by molar-refractivity contribution is 0.214. The Morgan fingerprint density at radius 3 is 2.76 bits per heavy atom. The van der Waals surface area contributed by atoms with Crippen LogP contribution in [0.1, 0.15) is 18.5 Å². The van der Waals surface area contributed by atoms with Crippen LogP contribution in [-0.2, 0) is 0 Å². The highest BCUT2D eigenvalue weighted by atomic mass is 79.9. The SMILES string of the molecule is CC1COc2ccccc2C1Nc1c(F)cc(F)cc1Br. The van der Waals surface area contributed by atoms with Gasteiger partial charge in [-0.2, -0.15) is 0 Å². The fraction of sp³-hybridized carbons (Fsp3) is 0.250. The summed E-state index contributed by atoms with van der Waals surface area (Å²) in [6.45, 7) is 2.58. The molecule has 2 nitrogen and oxygen atoms in total. The predicted octanol–water partition coefficient (Wildman–Crippen LogP) is 4.91. The molecule has 1 aliphatic rings. The Morgan fingerprint density at radius 1 is 1.24 bits per heavy atom. The second kappa shape index (κ2) is 5.64. The molecule has 0 saturated heterocycles. The molecule has 0 amide bonds. The topological polar surface area (TPSA) is 21.3 Å². The molecule has 3 rings (SSSR count). The van der Waals surface area contributed by atoms with E-state index in [1.165, 1.54) is 6.07 Å². The Bertz CT molecular complexity index is 654. The van der Waals surface area contributed by atoms with Crippen LogP contribution in [0.2, 0.25) is 0 Å². The van der Waals surface area contributed by atoms with Crippen LogP contribution < -0.4 is 10.1 Å². The number of hydrogen-bond acceptors (Lipinski definition) is 2. The van der Waals surface area contributed by atoms with E-state index in [4.69, 9.17) is 4.74 Å². The normalized spacial score (nSPS) is 20.6. The summed E-state index contributed by atoms with van der Waals surface area (Å²) in [6.07, 6.45) is 0. The third kappa shape index (κ3) is 2.75. The molecule has 21 heavy (non-hydrogen) atoms. The Labute approximate surface area is 130 Å². The first-order chi connectivity index (χ1) is 10.1. The summed E-state index contributed by atoms with van der Waals surface area (Å²) in [5, 5.41) is 3.18. The summed E-state index contributed by atoms with van der Waals surface area (Å²) in [6, 6.07) is 9.71. The maximum Gasteiger partial charge on any atom is 0.150 e. The summed E-state index contributed by atoms with van der Waals surface area (Å²) in [5.41, 5.74) is 1.25. The number of benzene rings is 2. The van der Waals surface area contributed by atoms with Gasteiger partial charge >= 0.3 is 0 Å². The third-order valence-corrected chi connectivity index (χ3v) is 4.26. The van der Waals surface area contributed by atoms with E-state index in [1.54, 1.807) is 0 Å². The molecular weight excluding hydrogens is 340 g/mol. The van der Waals surface area contributed by atoms with Crippen LogP contribution in [0.5, 0.6) is 5.75 Å². The van der Waals surface area contributed by atoms with Gasteiger partial charge in [0.2, 0.25) is 0 Å². The second-order valence-electron chi connectivity index (χ2n) is 5.19. The van der Waals surface area contributed by atoms with Gasteiger partial charge in [-0.05, 0) is 28.1 Å². The molecular formula is C16H14BrF2NO. The second-order valence-corrected chi connectivity index (χ2v) is 6.05. The summed E-state index contributed by atoms with van der Waals surface area (Å²) >= 11 is 3.21. The summed E-state index contributed by atoms with van der Waals surface area (Å²) in [5.74, 6) is -0.258. The highest BCUT2D eigenvalue weighted by Crippen LogP contribution is 2.39. The first-order valence-electron chi connectivity index (χ1n) is 6.69. The van der Waals surface area contributed by atoms with Crippen LogP contribution in [0, 0.1) is 17.6 Å². The van der Waals surface area contributed by atoms with Gasteiger partial charge in [0.05, 0.1) is 18.3 Å². The Kier molecular flexibility index (Phi) is 3.85. The number of para-hydroxylation sites is 1. The highest BCUT2D eigenvalue weighted by molar-refractivity contribution is 9.10. The molecule has 2 aromatic rings. The summed E-state index contributed by atoms with van der Waals surface area (Å²) in [7, 11) is 0. The van der Waals surface area contributed by atoms with Gasteiger partial charge in [0.1, 0.15) is 17.4 Å². The van der Waals surface area contributed by atoms with Crippen LogP contribution >= 0.6 is 15.9 Å². The van der Waals surface area contributed by atoms with Gasteiger partial charge in [-0.15, -0.1) is 0 Å². The van der Waals surface area contributed by atoms with Gasteiger partial charge in [-0.1, -0.05) is 25.1 Å². The van der Waals surface area contributed by atoms with E-state index in [2.05, 4.69) is 21.2 Å². The molecule has 2 unspecified atom stereocenters. The smallest absolute Gasteiger partial charge is 0.150 e. The monoisotopic (exact) mass is 353 g/mol. The molecule has 0 aromatic heterocycles. The number of anilines is 1. The van der Waals surface area contributed by atoms with Crippen molar-refractivity contribution in [1.29, 1.82) is 0 Å². The molecule has 0 saturated carbocycles. The zero-order chi connectivity index (χ0) is 15.0. The quantitative estimate of drug-likeness (QED) is 0.828. The lowest BCUT2D eigenvalue weighted by atomic mass is 9.92. The van der Waals surface area contributed by atoms with E-state index in [-0.39, 0.29) is 17.6 Å². The van der Waals surface area contributed by atoms with Crippen LogP contribution in [0.3, 0.4) is 0 Å². The fourth-order valence-corrected chi connectivity index (χ4v) is 3.07. The van der Waals surface area contributed by atoms with Crippen molar-refractivity contribution in [2.75, 3.05) is 11.9 Å². The van der Waals surface area contributed by atoms with Crippen molar-refractivity contribution < 1.29 is 13.5 Å². The molecule has 1 N–H and O–H groups in total. The maximum absolute atomic E-state index is 14.0. The Balaban J connectivity index is 1.98. The molecule has 5 heteroatoms. The van der Waals surface area contributed by atoms with Gasteiger partial charge in [0.25, 0.3) is 0 Å². The largest absolute Gasteiger partial charge is 0.493 e. The van der Waals surface area contributed by atoms with Gasteiger partial charge < -0.3 is 10.1 Å². The van der Waals surface area contributed by atoms with Crippen LogP contribution in [0.15, 0.2) is 40.9 Å². The Morgan fingerprint density at radius 2 is 2.00 bits per heavy atom. The van der Waals surface area contributed by atoms with Crippen LogP contribution in [-0.4, -0.2) is 6.61 Å². The number of rotatable bonds is 2.